The molecule has 0 aliphatic rings. The third-order valence-electron chi connectivity index (χ3n) is 4.72. The van der Waals surface area contributed by atoms with E-state index < -0.39 is 0 Å². The minimum atomic E-state index is -0.253. The topological polar surface area (TPSA) is 59.3 Å². The first-order valence-electron chi connectivity index (χ1n) is 10.2. The number of para-hydroxylation sites is 2. The molecule has 0 radical (unpaired) electrons. The van der Waals surface area contributed by atoms with Gasteiger partial charge in [-0.15, -0.1) is 0 Å². The highest BCUT2D eigenvalue weighted by atomic mass is 35.5. The summed E-state index contributed by atoms with van der Waals surface area (Å²) in [6.45, 7) is 0.558. The molecular weight excluding hydrogens is 475 g/mol. The molecule has 0 aliphatic carbocycles. The third kappa shape index (κ3) is 6.26. The van der Waals surface area contributed by atoms with E-state index in [1.165, 1.54) is 18.0 Å². The Morgan fingerprint density at radius 3 is 2.58 bits per heavy atom. The molecule has 8 heteroatoms. The Morgan fingerprint density at radius 1 is 1.03 bits per heavy atom. The number of allylic oxidation sites excluding steroid dienone is 1. The summed E-state index contributed by atoms with van der Waals surface area (Å²) in [5.74, 6) is -0.0970. The molecule has 1 amide bonds. The first kappa shape index (κ1) is 23.1. The summed E-state index contributed by atoms with van der Waals surface area (Å²) < 4.78 is 2.07. The largest absolute Gasteiger partial charge is 0.314 e. The van der Waals surface area contributed by atoms with Crippen LogP contribution in [0.3, 0.4) is 0 Å². The van der Waals surface area contributed by atoms with Gasteiger partial charge < -0.3 is 4.57 Å². The predicted octanol–water partition coefficient (Wildman–Crippen LogP) is 6.21. The van der Waals surface area contributed by atoms with Crippen molar-refractivity contribution in [1.29, 1.82) is 0 Å². The summed E-state index contributed by atoms with van der Waals surface area (Å²) in [7, 11) is 0. The van der Waals surface area contributed by atoms with Crippen molar-refractivity contribution in [3.05, 3.63) is 100 Å². The second kappa shape index (κ2) is 11.2. The number of nitrogens with zero attached hydrogens (tertiary/aromatic N) is 3. The molecule has 1 N–H and O–H groups in total. The number of aromatic nitrogens is 2. The fourth-order valence-electron chi connectivity index (χ4n) is 3.19. The zero-order valence-corrected chi connectivity index (χ0v) is 19.8. The molecule has 4 aromatic rings. The zero-order chi connectivity index (χ0) is 23.0. The van der Waals surface area contributed by atoms with Gasteiger partial charge in [-0.25, -0.2) is 10.4 Å². The van der Waals surface area contributed by atoms with Gasteiger partial charge in [-0.05, 0) is 35.4 Å². The number of hydrazone groups is 1. The van der Waals surface area contributed by atoms with Gasteiger partial charge in [-0.2, -0.15) is 5.10 Å². The van der Waals surface area contributed by atoms with Gasteiger partial charge in [-0.3, -0.25) is 4.79 Å². The number of fused-ring (bicyclic) bond motifs is 1. The molecule has 5 nitrogen and oxygen atoms in total. The van der Waals surface area contributed by atoms with E-state index >= 15 is 0 Å². The van der Waals surface area contributed by atoms with E-state index in [-0.39, 0.29) is 11.7 Å². The number of carbonyl (C=O) groups excluding carboxylic acids is 1. The zero-order valence-electron chi connectivity index (χ0n) is 17.5. The Hall–Kier alpha value is -3.06. The highest BCUT2D eigenvalue weighted by molar-refractivity contribution is 7.99. The summed E-state index contributed by atoms with van der Waals surface area (Å²) in [6.07, 6.45) is 3.17. The van der Waals surface area contributed by atoms with Gasteiger partial charge >= 0.3 is 0 Å². The maximum atomic E-state index is 12.3. The highest BCUT2D eigenvalue weighted by Gasteiger charge is 2.14. The van der Waals surface area contributed by atoms with Crippen LogP contribution in [-0.4, -0.2) is 27.4 Å². The molecule has 1 aromatic heterocycles. The molecule has 33 heavy (non-hydrogen) atoms. The van der Waals surface area contributed by atoms with E-state index in [1.807, 2.05) is 78.9 Å². The van der Waals surface area contributed by atoms with E-state index in [4.69, 9.17) is 28.2 Å². The van der Waals surface area contributed by atoms with Crippen LogP contribution in [0.2, 0.25) is 5.02 Å². The average molecular weight is 495 g/mol. The Bertz CT molecular complexity index is 1320. The molecule has 0 spiro atoms. The summed E-state index contributed by atoms with van der Waals surface area (Å²) in [4.78, 5) is 17.0. The van der Waals surface area contributed by atoms with Crippen molar-refractivity contribution < 1.29 is 4.79 Å². The van der Waals surface area contributed by atoms with Crippen LogP contribution in [-0.2, 0) is 11.3 Å². The van der Waals surface area contributed by atoms with Crippen molar-refractivity contribution in [2.45, 2.75) is 11.7 Å². The lowest BCUT2D eigenvalue weighted by Gasteiger charge is -2.10. The van der Waals surface area contributed by atoms with Crippen molar-refractivity contribution in [3.8, 4) is 0 Å². The van der Waals surface area contributed by atoms with Crippen molar-refractivity contribution in [3.63, 3.8) is 0 Å². The van der Waals surface area contributed by atoms with E-state index in [0.29, 0.717) is 16.6 Å². The summed E-state index contributed by atoms with van der Waals surface area (Å²) >= 11 is 13.9. The monoisotopic (exact) mass is 494 g/mol. The van der Waals surface area contributed by atoms with Gasteiger partial charge in [0.25, 0.3) is 5.91 Å². The Labute approximate surface area is 206 Å². The number of halogens is 2. The lowest BCUT2D eigenvalue weighted by atomic mass is 10.2. The Balaban J connectivity index is 1.42. The van der Waals surface area contributed by atoms with E-state index in [9.17, 15) is 4.79 Å². The van der Waals surface area contributed by atoms with Gasteiger partial charge in [0.15, 0.2) is 5.16 Å². The van der Waals surface area contributed by atoms with Crippen molar-refractivity contribution in [2.75, 3.05) is 5.75 Å². The SMILES string of the molecule is O=C(CSc1nc2ccccc2n1Cc1ccccc1Cl)N/N=C/C(Cl)=C\c1ccccc1. The standard InChI is InChI=1S/C25H20Cl2N4OS/c26-20(14-18-8-2-1-3-9-18)15-28-30-24(32)17-33-25-29-22-12-6-7-13-23(22)31(25)16-19-10-4-5-11-21(19)27/h1-15H,16-17H2,(H,30,32)/b20-14+,28-15+. The summed E-state index contributed by atoms with van der Waals surface area (Å²) in [6, 6.07) is 25.2. The van der Waals surface area contributed by atoms with Crippen molar-refractivity contribution in [1.82, 2.24) is 15.0 Å². The number of nitrogens with one attached hydrogen (secondary N) is 1. The number of carbonyl (C=O) groups is 1. The molecule has 3 aromatic carbocycles. The van der Waals surface area contributed by atoms with Crippen LogP contribution in [0.5, 0.6) is 0 Å². The van der Waals surface area contributed by atoms with Crippen LogP contribution in [0.25, 0.3) is 17.1 Å². The molecule has 1 heterocycles. The minimum absolute atomic E-state index is 0.156. The maximum absolute atomic E-state index is 12.3. The number of thioether (sulfide) groups is 1. The van der Waals surface area contributed by atoms with Crippen LogP contribution in [0.15, 0.2) is 94.2 Å². The van der Waals surface area contributed by atoms with Gasteiger partial charge in [0, 0.05) is 5.02 Å². The van der Waals surface area contributed by atoms with E-state index in [2.05, 4.69) is 15.1 Å². The number of amides is 1. The van der Waals surface area contributed by atoms with Crippen LogP contribution < -0.4 is 5.43 Å². The molecule has 0 aliphatic heterocycles. The average Bonchev–Trinajstić information content (AvgIpc) is 3.17. The fraction of sp³-hybridized carbons (Fsp3) is 0.0800. The van der Waals surface area contributed by atoms with Crippen LogP contribution in [0, 0.1) is 0 Å². The predicted molar refractivity (Wildman–Crippen MR) is 138 cm³/mol. The molecule has 0 saturated heterocycles. The van der Waals surface area contributed by atoms with Gasteiger partial charge in [-0.1, -0.05) is 95.6 Å². The third-order valence-corrected chi connectivity index (χ3v) is 6.27. The molecule has 0 fully saturated rings. The number of imidazole rings is 1. The highest BCUT2D eigenvalue weighted by Crippen LogP contribution is 2.27. The van der Waals surface area contributed by atoms with E-state index in [1.54, 1.807) is 6.08 Å². The maximum Gasteiger partial charge on any atom is 0.250 e. The van der Waals surface area contributed by atoms with Gasteiger partial charge in [0.05, 0.1) is 34.6 Å². The van der Waals surface area contributed by atoms with Crippen molar-refractivity contribution in [2.24, 2.45) is 5.10 Å². The smallest absolute Gasteiger partial charge is 0.250 e. The number of hydrogen-bond acceptors (Lipinski definition) is 4. The summed E-state index contributed by atoms with van der Waals surface area (Å²) in [5, 5.41) is 5.78. The molecule has 0 saturated carbocycles. The molecule has 166 valence electrons. The lowest BCUT2D eigenvalue weighted by molar-refractivity contribution is -0.118. The van der Waals surface area contributed by atoms with Crippen LogP contribution in [0.4, 0.5) is 0 Å². The number of hydrogen-bond donors (Lipinski definition) is 1. The normalized spacial score (nSPS) is 11.9. The second-order valence-electron chi connectivity index (χ2n) is 7.08. The lowest BCUT2D eigenvalue weighted by Crippen LogP contribution is -2.20. The number of benzene rings is 3. The number of rotatable bonds is 8. The molecule has 0 unspecified atom stereocenters. The molecule has 0 atom stereocenters. The Morgan fingerprint density at radius 2 is 1.76 bits per heavy atom. The van der Waals surface area contributed by atoms with Gasteiger partial charge in [0.1, 0.15) is 0 Å². The summed E-state index contributed by atoms with van der Waals surface area (Å²) in [5.41, 5.74) is 6.29. The Kier molecular flexibility index (Phi) is 7.83. The first-order chi connectivity index (χ1) is 16.1. The van der Waals surface area contributed by atoms with Crippen LogP contribution >= 0.6 is 35.0 Å². The minimum Gasteiger partial charge on any atom is -0.314 e. The quantitative estimate of drug-likeness (QED) is 0.180. The molecule has 0 bridgehead atoms. The van der Waals surface area contributed by atoms with E-state index in [0.717, 1.165) is 27.3 Å². The van der Waals surface area contributed by atoms with Gasteiger partial charge in [0.2, 0.25) is 0 Å². The molecular formula is C25H20Cl2N4OS. The second-order valence-corrected chi connectivity index (χ2v) is 8.87. The van der Waals surface area contributed by atoms with Crippen molar-refractivity contribution >= 4 is 64.2 Å². The first-order valence-corrected chi connectivity index (χ1v) is 11.9. The van der Waals surface area contributed by atoms with Crippen LogP contribution in [0.1, 0.15) is 11.1 Å². The molecule has 4 rings (SSSR count). The fourth-order valence-corrected chi connectivity index (χ4v) is 4.36.